The van der Waals surface area contributed by atoms with Gasteiger partial charge in [-0.2, -0.15) is 0 Å². The number of fused-ring (bicyclic) bond motifs is 1. The zero-order chi connectivity index (χ0) is 16.9. The summed E-state index contributed by atoms with van der Waals surface area (Å²) in [6, 6.07) is 13.5. The number of nitrogens with zero attached hydrogens (tertiary/aromatic N) is 4. The molecule has 3 aromatic rings. The molecule has 6 nitrogen and oxygen atoms in total. The van der Waals surface area contributed by atoms with Crippen molar-refractivity contribution < 1.29 is 4.79 Å². The molecule has 1 amide bonds. The number of hydrogen-bond acceptors (Lipinski definition) is 4. The summed E-state index contributed by atoms with van der Waals surface area (Å²) < 4.78 is 1.80. The lowest BCUT2D eigenvalue weighted by Gasteiger charge is -2.16. The first-order chi connectivity index (χ1) is 11.6. The first-order valence-corrected chi connectivity index (χ1v) is 8.12. The number of hydrogen-bond donors (Lipinski definition) is 1. The summed E-state index contributed by atoms with van der Waals surface area (Å²) in [7, 11) is 0. The normalized spacial score (nSPS) is 13.6. The Morgan fingerprint density at radius 1 is 1.17 bits per heavy atom. The van der Waals surface area contributed by atoms with Gasteiger partial charge in [-0.1, -0.05) is 23.4 Å². The van der Waals surface area contributed by atoms with Crippen molar-refractivity contribution in [2.24, 2.45) is 0 Å². The fourth-order valence-electron chi connectivity index (χ4n) is 2.78. The molecule has 2 aromatic heterocycles. The van der Waals surface area contributed by atoms with Gasteiger partial charge in [0, 0.05) is 30.8 Å². The van der Waals surface area contributed by atoms with E-state index in [0.29, 0.717) is 12.8 Å². The van der Waals surface area contributed by atoms with Gasteiger partial charge in [-0.25, -0.2) is 4.68 Å². The molecule has 0 spiro atoms. The molecule has 1 aromatic carbocycles. The van der Waals surface area contributed by atoms with Crippen LogP contribution in [0.25, 0.3) is 11.0 Å². The van der Waals surface area contributed by atoms with Crippen LogP contribution in [0.4, 0.5) is 0 Å². The third-order valence-electron chi connectivity index (χ3n) is 3.92. The number of aromatic nitrogens is 4. The van der Waals surface area contributed by atoms with Crippen molar-refractivity contribution in [1.82, 2.24) is 25.3 Å². The fourth-order valence-corrected chi connectivity index (χ4v) is 2.78. The van der Waals surface area contributed by atoms with E-state index in [1.165, 1.54) is 0 Å². The van der Waals surface area contributed by atoms with Crippen LogP contribution in [-0.4, -0.2) is 31.9 Å². The summed E-state index contributed by atoms with van der Waals surface area (Å²) in [5.74, 6) is 0.00510. The number of rotatable bonds is 6. The Hall–Kier alpha value is -2.76. The van der Waals surface area contributed by atoms with Gasteiger partial charge in [0.2, 0.25) is 5.91 Å². The maximum atomic E-state index is 12.3. The molecule has 6 heteroatoms. The van der Waals surface area contributed by atoms with Crippen LogP contribution in [0.1, 0.15) is 32.0 Å². The molecule has 0 saturated heterocycles. The molecule has 0 aliphatic heterocycles. The molecule has 1 N–H and O–H groups in total. The third-order valence-corrected chi connectivity index (χ3v) is 3.92. The highest BCUT2D eigenvalue weighted by Crippen LogP contribution is 2.17. The van der Waals surface area contributed by atoms with Gasteiger partial charge in [0.1, 0.15) is 5.52 Å². The quantitative estimate of drug-likeness (QED) is 0.756. The van der Waals surface area contributed by atoms with Crippen LogP contribution in [0.15, 0.2) is 48.7 Å². The van der Waals surface area contributed by atoms with Crippen LogP contribution in [0.5, 0.6) is 0 Å². The highest BCUT2D eigenvalue weighted by molar-refractivity contribution is 5.77. The molecule has 0 bridgehead atoms. The minimum atomic E-state index is -0.0561. The van der Waals surface area contributed by atoms with Crippen molar-refractivity contribution in [3.8, 4) is 0 Å². The average Bonchev–Trinajstić information content (AvgIpc) is 2.99. The standard InChI is InChI=1S/C18H21N5O/c1-13(11-15-7-5-6-10-19-15)20-18(24)12-14(2)23-17-9-4-3-8-16(17)21-22-23/h3-10,13-14H,11-12H2,1-2H3,(H,20,24)/t13-,14+/m1/s1. The number of pyridine rings is 1. The number of carbonyl (C=O) groups excluding carboxylic acids is 1. The lowest BCUT2D eigenvalue weighted by molar-refractivity contribution is -0.122. The van der Waals surface area contributed by atoms with E-state index in [2.05, 4.69) is 20.6 Å². The van der Waals surface area contributed by atoms with E-state index < -0.39 is 0 Å². The molecule has 0 saturated carbocycles. The Kier molecular flexibility index (Phi) is 4.84. The van der Waals surface area contributed by atoms with Crippen molar-refractivity contribution in [1.29, 1.82) is 0 Å². The zero-order valence-electron chi connectivity index (χ0n) is 13.9. The summed E-state index contributed by atoms with van der Waals surface area (Å²) >= 11 is 0. The summed E-state index contributed by atoms with van der Waals surface area (Å²) in [6.07, 6.45) is 2.84. The largest absolute Gasteiger partial charge is 0.353 e. The molecule has 0 aliphatic rings. The van der Waals surface area contributed by atoms with Gasteiger partial charge in [-0.05, 0) is 38.1 Å². The molecule has 2 atom stereocenters. The lowest BCUT2D eigenvalue weighted by atomic mass is 10.1. The third kappa shape index (κ3) is 3.76. The van der Waals surface area contributed by atoms with Crippen LogP contribution < -0.4 is 5.32 Å². The van der Waals surface area contributed by atoms with Gasteiger partial charge >= 0.3 is 0 Å². The van der Waals surface area contributed by atoms with Crippen molar-refractivity contribution in [2.75, 3.05) is 0 Å². The van der Waals surface area contributed by atoms with Crippen LogP contribution in [0.3, 0.4) is 0 Å². The smallest absolute Gasteiger partial charge is 0.222 e. The van der Waals surface area contributed by atoms with Crippen molar-refractivity contribution in [3.05, 3.63) is 54.4 Å². The number of nitrogens with one attached hydrogen (secondary N) is 1. The van der Waals surface area contributed by atoms with E-state index >= 15 is 0 Å². The van der Waals surface area contributed by atoms with E-state index in [-0.39, 0.29) is 18.0 Å². The number of carbonyl (C=O) groups is 1. The number of benzene rings is 1. The monoisotopic (exact) mass is 323 g/mol. The van der Waals surface area contributed by atoms with E-state index in [1.807, 2.05) is 56.3 Å². The van der Waals surface area contributed by atoms with E-state index in [0.717, 1.165) is 16.7 Å². The molecule has 0 aliphatic carbocycles. The molecular weight excluding hydrogens is 302 g/mol. The summed E-state index contributed by atoms with van der Waals surface area (Å²) in [4.78, 5) is 16.6. The topological polar surface area (TPSA) is 72.7 Å². The Morgan fingerprint density at radius 2 is 1.96 bits per heavy atom. The van der Waals surface area contributed by atoms with E-state index in [1.54, 1.807) is 10.9 Å². The van der Waals surface area contributed by atoms with Crippen LogP contribution >= 0.6 is 0 Å². The summed E-state index contributed by atoms with van der Waals surface area (Å²) in [6.45, 7) is 3.96. The second-order valence-corrected chi connectivity index (χ2v) is 6.07. The van der Waals surface area contributed by atoms with Crippen LogP contribution in [0, 0.1) is 0 Å². The van der Waals surface area contributed by atoms with Gasteiger partial charge < -0.3 is 5.32 Å². The minimum absolute atomic E-state index is 0.00510. The molecule has 0 radical (unpaired) electrons. The van der Waals surface area contributed by atoms with Crippen molar-refractivity contribution in [3.63, 3.8) is 0 Å². The van der Waals surface area contributed by atoms with E-state index in [9.17, 15) is 4.79 Å². The van der Waals surface area contributed by atoms with Gasteiger partial charge in [-0.15, -0.1) is 5.10 Å². The van der Waals surface area contributed by atoms with Gasteiger partial charge in [-0.3, -0.25) is 9.78 Å². The summed E-state index contributed by atoms with van der Waals surface area (Å²) in [5, 5.41) is 11.3. The zero-order valence-corrected chi connectivity index (χ0v) is 13.9. The Bertz CT molecular complexity index is 814. The molecular formula is C18H21N5O. The Balaban J connectivity index is 1.58. The first kappa shape index (κ1) is 16.1. The van der Waals surface area contributed by atoms with Gasteiger partial charge in [0.05, 0.1) is 11.6 Å². The van der Waals surface area contributed by atoms with Crippen LogP contribution in [-0.2, 0) is 11.2 Å². The maximum absolute atomic E-state index is 12.3. The van der Waals surface area contributed by atoms with Crippen LogP contribution in [0.2, 0.25) is 0 Å². The predicted molar refractivity (Wildman–Crippen MR) is 92.4 cm³/mol. The second kappa shape index (κ2) is 7.21. The average molecular weight is 323 g/mol. The fraction of sp³-hybridized carbons (Fsp3) is 0.333. The Labute approximate surface area is 140 Å². The van der Waals surface area contributed by atoms with Gasteiger partial charge in [0.25, 0.3) is 0 Å². The molecule has 3 rings (SSSR count). The molecule has 0 fully saturated rings. The number of amides is 1. The van der Waals surface area contributed by atoms with E-state index in [4.69, 9.17) is 0 Å². The van der Waals surface area contributed by atoms with Crippen molar-refractivity contribution >= 4 is 16.9 Å². The molecule has 0 unspecified atom stereocenters. The predicted octanol–water partition coefficient (Wildman–Crippen LogP) is 2.52. The molecule has 124 valence electrons. The first-order valence-electron chi connectivity index (χ1n) is 8.12. The molecule has 2 heterocycles. The highest BCUT2D eigenvalue weighted by atomic mass is 16.1. The van der Waals surface area contributed by atoms with Crippen molar-refractivity contribution in [2.45, 2.75) is 38.8 Å². The molecule has 24 heavy (non-hydrogen) atoms. The number of para-hydroxylation sites is 1. The maximum Gasteiger partial charge on any atom is 0.222 e. The second-order valence-electron chi connectivity index (χ2n) is 6.07. The van der Waals surface area contributed by atoms with Gasteiger partial charge in [0.15, 0.2) is 0 Å². The summed E-state index contributed by atoms with van der Waals surface area (Å²) in [5.41, 5.74) is 2.76. The highest BCUT2D eigenvalue weighted by Gasteiger charge is 2.16. The minimum Gasteiger partial charge on any atom is -0.353 e. The Morgan fingerprint density at radius 3 is 2.75 bits per heavy atom. The lowest BCUT2D eigenvalue weighted by Crippen LogP contribution is -2.35. The SMILES string of the molecule is C[C@H](Cc1ccccn1)NC(=O)C[C@H](C)n1nnc2ccccc21.